The first-order valence-electron chi connectivity index (χ1n) is 5.04. The molecule has 1 aliphatic rings. The van der Waals surface area contributed by atoms with E-state index in [0.29, 0.717) is 6.79 Å². The second-order valence-electron chi connectivity index (χ2n) is 5.53. The molecule has 5 heteroatoms. The summed E-state index contributed by atoms with van der Waals surface area (Å²) in [5, 5.41) is 8.25. The van der Waals surface area contributed by atoms with Crippen LogP contribution in [0.25, 0.3) is 0 Å². The Morgan fingerprint density at radius 2 is 1.47 bits per heavy atom. The normalized spacial score (nSPS) is 17.7. The van der Waals surface area contributed by atoms with Crippen molar-refractivity contribution in [3.63, 3.8) is 0 Å². The number of ether oxygens (including phenoxy) is 2. The van der Waals surface area contributed by atoms with Gasteiger partial charge >= 0.3 is 5.97 Å². The Bertz CT molecular complexity index is 201. The molecule has 0 aliphatic carbocycles. The van der Waals surface area contributed by atoms with E-state index in [-0.39, 0.29) is 33.9 Å². The van der Waals surface area contributed by atoms with Gasteiger partial charge in [0.15, 0.2) is 0 Å². The fourth-order valence-corrected chi connectivity index (χ4v) is 0.737. The Kier molecular flexibility index (Phi) is 11.9. The third-order valence-electron chi connectivity index (χ3n) is 1.79. The van der Waals surface area contributed by atoms with E-state index in [1.54, 1.807) is 20.8 Å². The smallest absolute Gasteiger partial charge is 0.308 e. The molecule has 0 saturated carbocycles. The summed E-state index contributed by atoms with van der Waals surface area (Å²) < 4.78 is 10.1. The Balaban J connectivity index is -0.000000208. The SMILES string of the molecule is C.CC(C)(C)C(=O)O.CC1(C)COCOC1.[W]. The standard InChI is InChI=1S/C6H12O2.C5H10O2.CH4.W/c1-6(2)3-7-5-8-4-6;1-5(2,3)4(6)7;;/h3-5H2,1-2H3;1-3H3,(H,6,7);1H4;. The first-order chi connectivity index (χ1) is 6.65. The molecule has 0 aromatic rings. The van der Waals surface area contributed by atoms with Crippen LogP contribution in [0.3, 0.4) is 0 Å². The average molecular weight is 418 g/mol. The quantitative estimate of drug-likeness (QED) is 0.658. The molecule has 104 valence electrons. The predicted molar refractivity (Wildman–Crippen MR) is 64.4 cm³/mol. The maximum atomic E-state index is 10.0. The van der Waals surface area contributed by atoms with Gasteiger partial charge in [0.25, 0.3) is 0 Å². The van der Waals surface area contributed by atoms with Crippen LogP contribution in [0.5, 0.6) is 0 Å². The van der Waals surface area contributed by atoms with E-state index in [0.717, 1.165) is 13.2 Å². The summed E-state index contributed by atoms with van der Waals surface area (Å²) in [5.74, 6) is -0.757. The summed E-state index contributed by atoms with van der Waals surface area (Å²) >= 11 is 0. The van der Waals surface area contributed by atoms with Gasteiger partial charge in [0.1, 0.15) is 6.79 Å². The summed E-state index contributed by atoms with van der Waals surface area (Å²) in [7, 11) is 0. The van der Waals surface area contributed by atoms with Crippen LogP contribution in [0.1, 0.15) is 42.0 Å². The van der Waals surface area contributed by atoms with Gasteiger partial charge in [0.2, 0.25) is 0 Å². The van der Waals surface area contributed by atoms with Crippen molar-refractivity contribution < 1.29 is 40.4 Å². The van der Waals surface area contributed by atoms with Crippen LogP contribution in [0.4, 0.5) is 0 Å². The van der Waals surface area contributed by atoms with Gasteiger partial charge in [-0.2, -0.15) is 0 Å². The summed E-state index contributed by atoms with van der Waals surface area (Å²) in [4.78, 5) is 10.0. The fraction of sp³-hybridized carbons (Fsp3) is 0.917. The summed E-state index contributed by atoms with van der Waals surface area (Å²) in [6.07, 6.45) is 0. The Morgan fingerprint density at radius 3 is 1.59 bits per heavy atom. The molecule has 0 aromatic carbocycles. The minimum Gasteiger partial charge on any atom is -0.481 e. The van der Waals surface area contributed by atoms with Crippen molar-refractivity contribution in [3.05, 3.63) is 0 Å². The van der Waals surface area contributed by atoms with E-state index in [1.807, 2.05) is 0 Å². The number of hydrogen-bond donors (Lipinski definition) is 1. The van der Waals surface area contributed by atoms with Crippen molar-refractivity contribution in [2.75, 3.05) is 20.0 Å². The molecule has 0 bridgehead atoms. The molecule has 17 heavy (non-hydrogen) atoms. The Hall–Kier alpha value is 0.0783. The second-order valence-corrected chi connectivity index (χ2v) is 5.53. The molecule has 1 heterocycles. The molecule has 0 atom stereocenters. The zero-order chi connectivity index (χ0) is 12.1. The minimum atomic E-state index is -0.757. The van der Waals surface area contributed by atoms with Crippen LogP contribution in [0.15, 0.2) is 0 Å². The zero-order valence-electron chi connectivity index (χ0n) is 10.7. The number of hydrogen-bond acceptors (Lipinski definition) is 3. The predicted octanol–water partition coefficient (Wildman–Crippen LogP) is 2.77. The summed E-state index contributed by atoms with van der Waals surface area (Å²) in [6, 6.07) is 0. The topological polar surface area (TPSA) is 55.8 Å². The maximum absolute atomic E-state index is 10.0. The molecule has 0 radical (unpaired) electrons. The molecule has 1 saturated heterocycles. The molecular weight excluding hydrogens is 392 g/mol. The molecule has 4 nitrogen and oxygen atoms in total. The summed E-state index contributed by atoms with van der Waals surface area (Å²) in [5.41, 5.74) is -0.349. The molecule has 1 rings (SSSR count). The van der Waals surface area contributed by atoms with E-state index >= 15 is 0 Å². The van der Waals surface area contributed by atoms with Crippen LogP contribution in [-0.2, 0) is 35.3 Å². The van der Waals surface area contributed by atoms with E-state index in [2.05, 4.69) is 13.8 Å². The van der Waals surface area contributed by atoms with Crippen LogP contribution in [0, 0.1) is 10.8 Å². The molecule has 1 N–H and O–H groups in total. The second kappa shape index (κ2) is 9.07. The average Bonchev–Trinajstić information content (AvgIpc) is 2.02. The first kappa shape index (κ1) is 22.3. The van der Waals surface area contributed by atoms with Gasteiger partial charge in [0, 0.05) is 26.5 Å². The fourth-order valence-electron chi connectivity index (χ4n) is 0.737. The van der Waals surface area contributed by atoms with E-state index in [4.69, 9.17) is 14.6 Å². The van der Waals surface area contributed by atoms with Gasteiger partial charge in [-0.3, -0.25) is 4.79 Å². The molecule has 1 aliphatic heterocycles. The maximum Gasteiger partial charge on any atom is 0.308 e. The Labute approximate surface area is 119 Å². The largest absolute Gasteiger partial charge is 0.481 e. The van der Waals surface area contributed by atoms with Gasteiger partial charge in [0.05, 0.1) is 18.6 Å². The van der Waals surface area contributed by atoms with E-state index in [9.17, 15) is 4.79 Å². The van der Waals surface area contributed by atoms with Crippen molar-refractivity contribution in [3.8, 4) is 0 Å². The molecular formula is C12H26O4W. The summed E-state index contributed by atoms with van der Waals surface area (Å²) in [6.45, 7) is 11.4. The molecule has 0 unspecified atom stereocenters. The first-order valence-corrected chi connectivity index (χ1v) is 5.04. The number of carboxylic acids is 1. The van der Waals surface area contributed by atoms with Crippen LogP contribution in [-0.4, -0.2) is 31.1 Å². The van der Waals surface area contributed by atoms with Gasteiger partial charge in [-0.25, -0.2) is 0 Å². The van der Waals surface area contributed by atoms with Gasteiger partial charge < -0.3 is 14.6 Å². The molecule has 0 spiro atoms. The van der Waals surface area contributed by atoms with Crippen molar-refractivity contribution in [2.24, 2.45) is 10.8 Å². The van der Waals surface area contributed by atoms with Crippen LogP contribution >= 0.6 is 0 Å². The molecule has 1 fully saturated rings. The number of aliphatic carboxylic acids is 1. The number of carbonyl (C=O) groups is 1. The third-order valence-corrected chi connectivity index (χ3v) is 1.79. The number of carboxylic acid groups (broad SMARTS) is 1. The molecule has 0 aromatic heterocycles. The number of rotatable bonds is 0. The monoisotopic (exact) mass is 418 g/mol. The van der Waals surface area contributed by atoms with Gasteiger partial charge in [-0.1, -0.05) is 21.3 Å². The van der Waals surface area contributed by atoms with Crippen molar-refractivity contribution in [1.82, 2.24) is 0 Å². The minimum absolute atomic E-state index is 0. The third kappa shape index (κ3) is 12.3. The zero-order valence-corrected chi connectivity index (χ0v) is 13.6. The van der Waals surface area contributed by atoms with Gasteiger partial charge in [-0.05, 0) is 20.8 Å². The Morgan fingerprint density at radius 1 is 1.18 bits per heavy atom. The van der Waals surface area contributed by atoms with E-state index < -0.39 is 11.4 Å². The van der Waals surface area contributed by atoms with Crippen LogP contribution < -0.4 is 0 Å². The van der Waals surface area contributed by atoms with E-state index in [1.165, 1.54) is 0 Å². The van der Waals surface area contributed by atoms with Crippen molar-refractivity contribution in [2.45, 2.75) is 42.0 Å². The van der Waals surface area contributed by atoms with Crippen LogP contribution in [0.2, 0.25) is 0 Å². The molecule has 0 amide bonds. The van der Waals surface area contributed by atoms with Gasteiger partial charge in [-0.15, -0.1) is 0 Å². The van der Waals surface area contributed by atoms with Crippen molar-refractivity contribution in [1.29, 1.82) is 0 Å². The van der Waals surface area contributed by atoms with Crippen molar-refractivity contribution >= 4 is 5.97 Å².